The summed E-state index contributed by atoms with van der Waals surface area (Å²) in [5, 5.41) is 13.4. The largest absolute Gasteiger partial charge is 0.369 e. The molecule has 0 aliphatic heterocycles. The van der Waals surface area contributed by atoms with Crippen molar-refractivity contribution < 1.29 is 9.18 Å². The minimum Gasteiger partial charge on any atom is -0.369 e. The predicted molar refractivity (Wildman–Crippen MR) is 75.3 cm³/mol. The first kappa shape index (κ1) is 13.9. The van der Waals surface area contributed by atoms with Gasteiger partial charge in [-0.1, -0.05) is 0 Å². The fourth-order valence-corrected chi connectivity index (χ4v) is 1.68. The Morgan fingerprint density at radius 3 is 2.65 bits per heavy atom. The van der Waals surface area contributed by atoms with Gasteiger partial charge >= 0.3 is 0 Å². The van der Waals surface area contributed by atoms with E-state index in [0.29, 0.717) is 17.1 Å². The number of nitrogens with one attached hydrogen (secondary N) is 2. The molecule has 1 heterocycles. The molecule has 0 unspecified atom stereocenters. The Hall–Kier alpha value is -2.50. The zero-order valence-electron chi connectivity index (χ0n) is 11.3. The fourth-order valence-electron chi connectivity index (χ4n) is 1.68. The van der Waals surface area contributed by atoms with Crippen LogP contribution in [0.25, 0.3) is 0 Å². The van der Waals surface area contributed by atoms with E-state index in [0.717, 1.165) is 6.54 Å². The van der Waals surface area contributed by atoms with E-state index in [-0.39, 0.29) is 17.4 Å². The molecule has 5 nitrogen and oxygen atoms in total. The summed E-state index contributed by atoms with van der Waals surface area (Å²) >= 11 is 0. The number of carbonyl (C=O) groups excluding carboxylic acids is 1. The Morgan fingerprint density at radius 1 is 1.25 bits per heavy atom. The lowest BCUT2D eigenvalue weighted by Crippen LogP contribution is -2.15. The second-order valence-corrected chi connectivity index (χ2v) is 4.25. The molecule has 0 bridgehead atoms. The second-order valence-electron chi connectivity index (χ2n) is 4.25. The van der Waals surface area contributed by atoms with E-state index >= 15 is 0 Å². The van der Waals surface area contributed by atoms with Crippen molar-refractivity contribution >= 4 is 17.4 Å². The molecule has 0 aliphatic rings. The van der Waals surface area contributed by atoms with Gasteiger partial charge in [0.2, 0.25) is 0 Å². The van der Waals surface area contributed by atoms with Crippen LogP contribution in [0.3, 0.4) is 0 Å². The Kier molecular flexibility index (Phi) is 4.24. The lowest BCUT2D eigenvalue weighted by Gasteiger charge is -2.08. The number of hydrogen-bond donors (Lipinski definition) is 2. The van der Waals surface area contributed by atoms with E-state index < -0.39 is 0 Å². The Bertz CT molecular complexity index is 613. The molecule has 0 saturated carbocycles. The first-order valence-electron chi connectivity index (χ1n) is 6.25. The van der Waals surface area contributed by atoms with Crippen molar-refractivity contribution in [3.63, 3.8) is 0 Å². The zero-order chi connectivity index (χ0) is 14.5. The molecular weight excluding hydrogens is 259 g/mol. The van der Waals surface area contributed by atoms with Crippen molar-refractivity contribution in [2.45, 2.75) is 13.8 Å². The van der Waals surface area contributed by atoms with Crippen molar-refractivity contribution in [1.82, 2.24) is 10.2 Å². The number of anilines is 2. The van der Waals surface area contributed by atoms with Crippen LogP contribution < -0.4 is 10.6 Å². The molecule has 0 aliphatic carbocycles. The highest BCUT2D eigenvalue weighted by atomic mass is 19.1. The number of carbonyl (C=O) groups is 1. The fraction of sp³-hybridized carbons (Fsp3) is 0.214. The zero-order valence-corrected chi connectivity index (χ0v) is 11.3. The van der Waals surface area contributed by atoms with E-state index in [1.165, 1.54) is 18.2 Å². The molecule has 2 aromatic rings. The lowest BCUT2D eigenvalue weighted by molar-refractivity contribution is 0.102. The van der Waals surface area contributed by atoms with E-state index in [9.17, 15) is 9.18 Å². The smallest absolute Gasteiger partial charge is 0.276 e. The predicted octanol–water partition coefficient (Wildman–Crippen LogP) is 2.61. The number of rotatable bonds is 4. The van der Waals surface area contributed by atoms with Gasteiger partial charge in [-0.15, -0.1) is 10.2 Å². The van der Waals surface area contributed by atoms with E-state index in [1.54, 1.807) is 19.1 Å². The van der Waals surface area contributed by atoms with Crippen molar-refractivity contribution in [3.8, 4) is 0 Å². The molecule has 1 aromatic carbocycles. The minimum atomic E-state index is -0.379. The number of benzene rings is 1. The van der Waals surface area contributed by atoms with Gasteiger partial charge in [0.15, 0.2) is 5.69 Å². The third kappa shape index (κ3) is 3.28. The van der Waals surface area contributed by atoms with Crippen molar-refractivity contribution in [1.29, 1.82) is 0 Å². The highest BCUT2D eigenvalue weighted by molar-refractivity contribution is 6.03. The van der Waals surface area contributed by atoms with Crippen molar-refractivity contribution in [2.24, 2.45) is 0 Å². The van der Waals surface area contributed by atoms with E-state index in [4.69, 9.17) is 0 Å². The number of aryl methyl sites for hydroxylation is 1. The maximum atomic E-state index is 13.0. The van der Waals surface area contributed by atoms with Crippen LogP contribution in [0.4, 0.5) is 15.9 Å². The van der Waals surface area contributed by atoms with Crippen LogP contribution in [-0.4, -0.2) is 22.6 Å². The van der Waals surface area contributed by atoms with Crippen LogP contribution in [0, 0.1) is 12.7 Å². The van der Waals surface area contributed by atoms with Crippen LogP contribution >= 0.6 is 0 Å². The van der Waals surface area contributed by atoms with Gasteiger partial charge in [-0.2, -0.15) is 0 Å². The summed E-state index contributed by atoms with van der Waals surface area (Å²) in [6, 6.07) is 7.43. The summed E-state index contributed by atoms with van der Waals surface area (Å²) in [6.07, 6.45) is 0. The number of halogens is 1. The first-order valence-corrected chi connectivity index (χ1v) is 6.25. The van der Waals surface area contributed by atoms with Gasteiger partial charge < -0.3 is 10.6 Å². The van der Waals surface area contributed by atoms with Gasteiger partial charge in [0, 0.05) is 12.2 Å². The summed E-state index contributed by atoms with van der Waals surface area (Å²) in [4.78, 5) is 12.0. The highest BCUT2D eigenvalue weighted by Gasteiger charge is 2.10. The van der Waals surface area contributed by atoms with E-state index in [1.807, 2.05) is 6.92 Å². The van der Waals surface area contributed by atoms with Crippen molar-refractivity contribution in [3.05, 3.63) is 47.4 Å². The lowest BCUT2D eigenvalue weighted by atomic mass is 10.2. The number of amides is 1. The van der Waals surface area contributed by atoms with Crippen molar-refractivity contribution in [2.75, 3.05) is 17.2 Å². The standard InChI is InChI=1S/C14H15FN4O/c1-3-16-13-7-6-12(18-19-13)14(20)17-11-5-4-10(15)8-9(11)2/h4-8H,3H2,1-2H3,(H,16,19)(H,17,20). The van der Waals surface area contributed by atoms with Gasteiger partial charge in [-0.3, -0.25) is 4.79 Å². The molecule has 0 radical (unpaired) electrons. The molecule has 0 saturated heterocycles. The molecule has 6 heteroatoms. The van der Waals surface area contributed by atoms with Crippen LogP contribution in [0.1, 0.15) is 23.0 Å². The summed E-state index contributed by atoms with van der Waals surface area (Å²) in [7, 11) is 0. The highest BCUT2D eigenvalue weighted by Crippen LogP contribution is 2.16. The summed E-state index contributed by atoms with van der Waals surface area (Å²) in [5.41, 5.74) is 1.40. The Labute approximate surface area is 116 Å². The Morgan fingerprint density at radius 2 is 2.05 bits per heavy atom. The maximum Gasteiger partial charge on any atom is 0.276 e. The quantitative estimate of drug-likeness (QED) is 0.899. The summed E-state index contributed by atoms with van der Waals surface area (Å²) in [5.74, 6) is -0.104. The molecule has 0 atom stereocenters. The third-order valence-electron chi connectivity index (χ3n) is 2.69. The topological polar surface area (TPSA) is 66.9 Å². The van der Waals surface area contributed by atoms with Gasteiger partial charge in [-0.25, -0.2) is 4.39 Å². The molecule has 0 spiro atoms. The summed E-state index contributed by atoms with van der Waals surface area (Å²) < 4.78 is 13.0. The van der Waals surface area contributed by atoms with Crippen LogP contribution in [-0.2, 0) is 0 Å². The number of aromatic nitrogens is 2. The number of nitrogens with zero attached hydrogens (tertiary/aromatic N) is 2. The third-order valence-corrected chi connectivity index (χ3v) is 2.69. The average Bonchev–Trinajstić information content (AvgIpc) is 2.43. The van der Waals surface area contributed by atoms with Crippen LogP contribution in [0.2, 0.25) is 0 Å². The second kappa shape index (κ2) is 6.10. The van der Waals surface area contributed by atoms with Gasteiger partial charge in [-0.05, 0) is 49.7 Å². The molecule has 2 N–H and O–H groups in total. The SMILES string of the molecule is CCNc1ccc(C(=O)Nc2ccc(F)cc2C)nn1. The Balaban J connectivity index is 2.11. The van der Waals surface area contributed by atoms with Crippen LogP contribution in [0.15, 0.2) is 30.3 Å². The summed E-state index contributed by atoms with van der Waals surface area (Å²) in [6.45, 7) is 4.40. The normalized spacial score (nSPS) is 10.2. The molecule has 104 valence electrons. The molecule has 2 rings (SSSR count). The molecule has 1 aromatic heterocycles. The minimum absolute atomic E-state index is 0.204. The van der Waals surface area contributed by atoms with Gasteiger partial charge in [0.05, 0.1) is 0 Å². The monoisotopic (exact) mass is 274 g/mol. The van der Waals surface area contributed by atoms with Crippen LogP contribution in [0.5, 0.6) is 0 Å². The molecule has 0 fully saturated rings. The van der Waals surface area contributed by atoms with Gasteiger partial charge in [0.1, 0.15) is 11.6 Å². The first-order chi connectivity index (χ1) is 9.60. The van der Waals surface area contributed by atoms with Gasteiger partial charge in [0.25, 0.3) is 5.91 Å². The number of hydrogen-bond acceptors (Lipinski definition) is 4. The maximum absolute atomic E-state index is 13.0. The molecular formula is C14H15FN4O. The molecule has 1 amide bonds. The van der Waals surface area contributed by atoms with E-state index in [2.05, 4.69) is 20.8 Å². The molecule has 20 heavy (non-hydrogen) atoms. The average molecular weight is 274 g/mol.